The zero-order valence-electron chi connectivity index (χ0n) is 7.62. The average molecular weight is 198 g/mol. The van der Waals surface area contributed by atoms with E-state index in [1.54, 1.807) is 12.1 Å². The molecule has 0 bridgehead atoms. The number of aryl methyl sites for hydroxylation is 1. The summed E-state index contributed by atoms with van der Waals surface area (Å²) in [6, 6.07) is 3.30. The van der Waals surface area contributed by atoms with E-state index in [4.69, 9.17) is 0 Å². The number of unbranched alkanes of at least 4 members (excludes halogenated alkanes) is 1. The molecule has 3 heteroatoms. The molecule has 0 saturated heterocycles. The van der Waals surface area contributed by atoms with Crippen molar-refractivity contribution in [2.75, 3.05) is 0 Å². The van der Waals surface area contributed by atoms with Gasteiger partial charge in [-0.25, -0.2) is 0 Å². The average Bonchev–Trinajstić information content (AvgIpc) is 2.13. The van der Waals surface area contributed by atoms with Gasteiger partial charge in [-0.2, -0.15) is 0 Å². The quantitative estimate of drug-likeness (QED) is 0.654. The summed E-state index contributed by atoms with van der Waals surface area (Å²) < 4.78 is 0. The first-order valence-corrected chi connectivity index (χ1v) is 4.84. The lowest BCUT2D eigenvalue weighted by Gasteiger charge is -2.06. The third-order valence-electron chi connectivity index (χ3n) is 2.01. The molecule has 72 valence electrons. The van der Waals surface area contributed by atoms with Crippen LogP contribution in [0.1, 0.15) is 25.3 Å². The molecule has 13 heavy (non-hydrogen) atoms. The molecule has 0 saturated carbocycles. The van der Waals surface area contributed by atoms with Crippen LogP contribution in [0.25, 0.3) is 0 Å². The molecule has 0 spiro atoms. The molecular formula is C10H14O2S. The van der Waals surface area contributed by atoms with E-state index in [2.05, 4.69) is 19.6 Å². The monoisotopic (exact) mass is 198 g/mol. The van der Waals surface area contributed by atoms with Crippen LogP contribution in [0.3, 0.4) is 0 Å². The Morgan fingerprint density at radius 2 is 2.00 bits per heavy atom. The Kier molecular flexibility index (Phi) is 3.48. The smallest absolute Gasteiger partial charge is 0.135 e. The highest BCUT2D eigenvalue weighted by atomic mass is 32.1. The fourth-order valence-corrected chi connectivity index (χ4v) is 1.40. The van der Waals surface area contributed by atoms with Crippen molar-refractivity contribution in [1.29, 1.82) is 0 Å². The van der Waals surface area contributed by atoms with Gasteiger partial charge in [-0.1, -0.05) is 19.4 Å². The zero-order chi connectivity index (χ0) is 9.84. The van der Waals surface area contributed by atoms with E-state index < -0.39 is 0 Å². The van der Waals surface area contributed by atoms with Crippen molar-refractivity contribution >= 4 is 12.6 Å². The van der Waals surface area contributed by atoms with E-state index in [1.807, 2.05) is 0 Å². The predicted molar refractivity (Wildman–Crippen MR) is 55.6 cm³/mol. The topological polar surface area (TPSA) is 40.5 Å². The molecule has 1 rings (SSSR count). The third kappa shape index (κ3) is 2.31. The second-order valence-corrected chi connectivity index (χ2v) is 3.49. The van der Waals surface area contributed by atoms with Crippen molar-refractivity contribution in [3.8, 4) is 11.5 Å². The lowest BCUT2D eigenvalue weighted by Crippen LogP contribution is -1.86. The maximum atomic E-state index is 9.57. The van der Waals surface area contributed by atoms with Gasteiger partial charge < -0.3 is 10.2 Å². The van der Waals surface area contributed by atoms with E-state index in [-0.39, 0.29) is 16.4 Å². The van der Waals surface area contributed by atoms with E-state index in [1.165, 1.54) is 0 Å². The van der Waals surface area contributed by atoms with Crippen molar-refractivity contribution in [3.05, 3.63) is 17.7 Å². The second-order valence-electron chi connectivity index (χ2n) is 3.04. The highest BCUT2D eigenvalue weighted by Crippen LogP contribution is 2.34. The van der Waals surface area contributed by atoms with Crippen molar-refractivity contribution in [3.63, 3.8) is 0 Å². The summed E-state index contributed by atoms with van der Waals surface area (Å²) in [5.41, 5.74) is 0.852. The van der Waals surface area contributed by atoms with Crippen LogP contribution in [0.15, 0.2) is 17.0 Å². The van der Waals surface area contributed by atoms with E-state index in [9.17, 15) is 10.2 Å². The SMILES string of the molecule is CCCCc1ccc(O)c(S)c1O. The predicted octanol–water partition coefficient (Wildman–Crippen LogP) is 2.73. The fraction of sp³-hybridized carbons (Fsp3) is 0.400. The van der Waals surface area contributed by atoms with Gasteiger partial charge in [0.05, 0.1) is 4.90 Å². The van der Waals surface area contributed by atoms with Crippen LogP contribution in [0.2, 0.25) is 0 Å². The van der Waals surface area contributed by atoms with E-state index in [0.717, 1.165) is 24.8 Å². The van der Waals surface area contributed by atoms with Crippen LogP contribution in [-0.2, 0) is 6.42 Å². The van der Waals surface area contributed by atoms with Gasteiger partial charge in [0.15, 0.2) is 0 Å². The Labute approximate surface area is 83.6 Å². The van der Waals surface area contributed by atoms with Crippen molar-refractivity contribution in [1.82, 2.24) is 0 Å². The number of thiol groups is 1. The standard InChI is InChI=1S/C10H14O2S/c1-2-3-4-7-5-6-8(11)10(13)9(7)12/h5-6,11-13H,2-4H2,1H3. The normalized spacial score (nSPS) is 10.3. The number of phenolic OH excluding ortho intramolecular Hbond substituents is 2. The van der Waals surface area contributed by atoms with Gasteiger partial charge in [-0.05, 0) is 24.5 Å². The number of rotatable bonds is 3. The van der Waals surface area contributed by atoms with Crippen LogP contribution in [-0.4, -0.2) is 10.2 Å². The zero-order valence-corrected chi connectivity index (χ0v) is 8.51. The summed E-state index contributed by atoms with van der Waals surface area (Å²) in [6.45, 7) is 2.10. The summed E-state index contributed by atoms with van der Waals surface area (Å²) in [5, 5.41) is 18.8. The number of benzene rings is 1. The van der Waals surface area contributed by atoms with Gasteiger partial charge in [0, 0.05) is 0 Å². The number of hydrogen-bond donors (Lipinski definition) is 3. The number of hydrogen-bond acceptors (Lipinski definition) is 3. The summed E-state index contributed by atoms with van der Waals surface area (Å²) in [7, 11) is 0. The molecular weight excluding hydrogens is 184 g/mol. The molecule has 0 aliphatic heterocycles. The molecule has 2 N–H and O–H groups in total. The Balaban J connectivity index is 2.90. The molecule has 1 aromatic carbocycles. The highest BCUT2D eigenvalue weighted by Gasteiger charge is 2.07. The minimum Gasteiger partial charge on any atom is -0.507 e. The van der Waals surface area contributed by atoms with Gasteiger partial charge in [-0.3, -0.25) is 0 Å². The van der Waals surface area contributed by atoms with Crippen molar-refractivity contribution < 1.29 is 10.2 Å². The molecule has 0 radical (unpaired) electrons. The third-order valence-corrected chi connectivity index (χ3v) is 2.45. The van der Waals surface area contributed by atoms with Gasteiger partial charge in [0.1, 0.15) is 11.5 Å². The Bertz CT molecular complexity index is 297. The number of phenols is 2. The lowest BCUT2D eigenvalue weighted by molar-refractivity contribution is 0.423. The van der Waals surface area contributed by atoms with Crippen LogP contribution >= 0.6 is 12.6 Å². The van der Waals surface area contributed by atoms with Crippen molar-refractivity contribution in [2.45, 2.75) is 31.1 Å². The molecule has 0 heterocycles. The molecule has 1 aromatic rings. The second kappa shape index (κ2) is 4.42. The van der Waals surface area contributed by atoms with Gasteiger partial charge >= 0.3 is 0 Å². The Hall–Kier alpha value is -0.830. The van der Waals surface area contributed by atoms with Crippen molar-refractivity contribution in [2.24, 2.45) is 0 Å². The molecule has 0 atom stereocenters. The first-order valence-electron chi connectivity index (χ1n) is 4.39. The van der Waals surface area contributed by atoms with Gasteiger partial charge in [-0.15, -0.1) is 12.6 Å². The van der Waals surface area contributed by atoms with Crippen LogP contribution in [0, 0.1) is 0 Å². The number of aromatic hydroxyl groups is 2. The van der Waals surface area contributed by atoms with E-state index >= 15 is 0 Å². The van der Waals surface area contributed by atoms with Gasteiger partial charge in [0.2, 0.25) is 0 Å². The highest BCUT2D eigenvalue weighted by molar-refractivity contribution is 7.80. The Morgan fingerprint density at radius 1 is 1.31 bits per heavy atom. The van der Waals surface area contributed by atoms with Crippen LogP contribution in [0.5, 0.6) is 11.5 Å². The summed E-state index contributed by atoms with van der Waals surface area (Å²) in [4.78, 5) is 0.272. The molecule has 0 aliphatic rings. The maximum Gasteiger partial charge on any atom is 0.135 e. The summed E-state index contributed by atoms with van der Waals surface area (Å²) in [5.74, 6) is 0.137. The molecule has 0 amide bonds. The Morgan fingerprint density at radius 3 is 2.62 bits per heavy atom. The van der Waals surface area contributed by atoms with Gasteiger partial charge in [0.25, 0.3) is 0 Å². The first-order chi connectivity index (χ1) is 6.16. The minimum atomic E-state index is 0.0288. The molecule has 0 fully saturated rings. The van der Waals surface area contributed by atoms with Crippen LogP contribution in [0.4, 0.5) is 0 Å². The fourth-order valence-electron chi connectivity index (χ4n) is 1.18. The van der Waals surface area contributed by atoms with E-state index in [0.29, 0.717) is 0 Å². The molecule has 2 nitrogen and oxygen atoms in total. The first kappa shape index (κ1) is 10.3. The summed E-state index contributed by atoms with van der Waals surface area (Å²) in [6.07, 6.45) is 2.95. The maximum absolute atomic E-state index is 9.57. The van der Waals surface area contributed by atoms with Crippen LogP contribution < -0.4 is 0 Å². The molecule has 0 unspecified atom stereocenters. The minimum absolute atomic E-state index is 0.0288. The lowest BCUT2D eigenvalue weighted by atomic mass is 10.1. The molecule has 0 aliphatic carbocycles. The summed E-state index contributed by atoms with van der Waals surface area (Å²) >= 11 is 4.00. The molecule has 0 aromatic heterocycles. The largest absolute Gasteiger partial charge is 0.507 e.